The van der Waals surface area contributed by atoms with Crippen molar-refractivity contribution in [2.45, 2.75) is 38.6 Å². The second-order valence-corrected chi connectivity index (χ2v) is 6.61. The maximum atomic E-state index is 12.5. The molecule has 1 aliphatic carbocycles. The lowest BCUT2D eigenvalue weighted by Crippen LogP contribution is -2.32. The van der Waals surface area contributed by atoms with E-state index in [1.807, 2.05) is 31.2 Å². The lowest BCUT2D eigenvalue weighted by Gasteiger charge is -2.10. The van der Waals surface area contributed by atoms with Crippen LogP contribution in [0.3, 0.4) is 0 Å². The van der Waals surface area contributed by atoms with Crippen LogP contribution in [0.2, 0.25) is 0 Å². The molecule has 1 saturated carbocycles. The van der Waals surface area contributed by atoms with Crippen LogP contribution in [-0.4, -0.2) is 16.9 Å². The van der Waals surface area contributed by atoms with Gasteiger partial charge < -0.3 is 5.32 Å². The fourth-order valence-electron chi connectivity index (χ4n) is 2.82. The first-order valence-electron chi connectivity index (χ1n) is 7.53. The Kier molecular flexibility index (Phi) is 4.26. The molecule has 0 radical (unpaired) electrons. The van der Waals surface area contributed by atoms with Gasteiger partial charge in [-0.15, -0.1) is 17.8 Å². The number of aryl methyl sites for hydroxylation is 1. The van der Waals surface area contributed by atoms with E-state index in [0.717, 1.165) is 29.0 Å². The Morgan fingerprint density at radius 1 is 1.36 bits per heavy atom. The number of aromatic nitrogens is 1. The van der Waals surface area contributed by atoms with Crippen molar-refractivity contribution in [1.82, 2.24) is 10.3 Å². The molecule has 1 fully saturated rings. The van der Waals surface area contributed by atoms with Gasteiger partial charge in [0.15, 0.2) is 0 Å². The maximum absolute atomic E-state index is 12.5. The van der Waals surface area contributed by atoms with E-state index in [2.05, 4.69) is 16.2 Å². The first kappa shape index (κ1) is 14.8. The number of carbonyl (C=O) groups is 1. The van der Waals surface area contributed by atoms with Gasteiger partial charge in [-0.1, -0.05) is 37.1 Å². The monoisotopic (exact) mass is 310 g/mol. The predicted octanol–water partition coefficient (Wildman–Crippen LogP) is 3.77. The summed E-state index contributed by atoms with van der Waals surface area (Å²) in [6.07, 6.45) is 10.0. The van der Waals surface area contributed by atoms with Crippen LogP contribution in [0.15, 0.2) is 24.3 Å². The molecule has 0 bridgehead atoms. The SMILES string of the molecule is C#Cc1nc(-c2ccccc2C)sc1C(=O)NC1CCCC1. The molecule has 0 aliphatic heterocycles. The number of thiazole rings is 1. The zero-order valence-corrected chi connectivity index (χ0v) is 13.4. The fraction of sp³-hybridized carbons (Fsp3) is 0.333. The van der Waals surface area contributed by atoms with Crippen LogP contribution in [0.1, 0.15) is 46.6 Å². The summed E-state index contributed by atoms with van der Waals surface area (Å²) in [6, 6.07) is 8.28. The van der Waals surface area contributed by atoms with Gasteiger partial charge in [0.25, 0.3) is 5.91 Å². The maximum Gasteiger partial charge on any atom is 0.264 e. The minimum atomic E-state index is -0.0859. The Balaban J connectivity index is 1.90. The van der Waals surface area contributed by atoms with Gasteiger partial charge in [0.2, 0.25) is 0 Å². The Labute approximate surface area is 134 Å². The molecule has 0 atom stereocenters. The van der Waals surface area contributed by atoms with Gasteiger partial charge in [-0.3, -0.25) is 4.79 Å². The summed E-state index contributed by atoms with van der Waals surface area (Å²) in [6.45, 7) is 2.03. The van der Waals surface area contributed by atoms with Crippen molar-refractivity contribution in [3.05, 3.63) is 40.4 Å². The molecule has 4 heteroatoms. The van der Waals surface area contributed by atoms with Crippen LogP contribution in [0.25, 0.3) is 10.6 Å². The highest BCUT2D eigenvalue weighted by Crippen LogP contribution is 2.30. The molecule has 1 heterocycles. The average Bonchev–Trinajstić information content (AvgIpc) is 3.16. The van der Waals surface area contributed by atoms with Gasteiger partial charge in [0.1, 0.15) is 15.6 Å². The largest absolute Gasteiger partial charge is 0.349 e. The Morgan fingerprint density at radius 2 is 2.09 bits per heavy atom. The molecule has 3 rings (SSSR count). The quantitative estimate of drug-likeness (QED) is 0.877. The van der Waals surface area contributed by atoms with Crippen molar-refractivity contribution in [2.75, 3.05) is 0 Å². The number of carbonyl (C=O) groups excluding carboxylic acids is 1. The number of hydrogen-bond acceptors (Lipinski definition) is 3. The second-order valence-electron chi connectivity index (χ2n) is 5.61. The van der Waals surface area contributed by atoms with E-state index in [1.165, 1.54) is 24.2 Å². The zero-order chi connectivity index (χ0) is 15.5. The third kappa shape index (κ3) is 2.90. The number of amides is 1. The van der Waals surface area contributed by atoms with E-state index in [9.17, 15) is 4.79 Å². The molecule has 0 unspecified atom stereocenters. The van der Waals surface area contributed by atoms with E-state index in [4.69, 9.17) is 6.42 Å². The van der Waals surface area contributed by atoms with E-state index in [0.29, 0.717) is 10.6 Å². The molecule has 0 spiro atoms. The topological polar surface area (TPSA) is 42.0 Å². The summed E-state index contributed by atoms with van der Waals surface area (Å²) in [5.41, 5.74) is 2.60. The summed E-state index contributed by atoms with van der Waals surface area (Å²) in [5.74, 6) is 2.46. The van der Waals surface area contributed by atoms with E-state index < -0.39 is 0 Å². The standard InChI is InChI=1S/C18H18N2OS/c1-3-15-16(17(21)19-13-9-5-6-10-13)22-18(20-15)14-11-7-4-8-12(14)2/h1,4,7-8,11,13H,5-6,9-10H2,2H3,(H,19,21). The minimum absolute atomic E-state index is 0.0859. The number of rotatable bonds is 3. The Hall–Kier alpha value is -2.12. The fourth-order valence-corrected chi connectivity index (χ4v) is 3.84. The average molecular weight is 310 g/mol. The molecule has 0 saturated heterocycles. The van der Waals surface area contributed by atoms with Gasteiger partial charge in [-0.05, 0) is 31.2 Å². The molecule has 1 aromatic carbocycles. The van der Waals surface area contributed by atoms with E-state index >= 15 is 0 Å². The highest BCUT2D eigenvalue weighted by atomic mass is 32.1. The minimum Gasteiger partial charge on any atom is -0.349 e. The number of nitrogens with zero attached hydrogens (tertiary/aromatic N) is 1. The zero-order valence-electron chi connectivity index (χ0n) is 12.6. The van der Waals surface area contributed by atoms with Gasteiger partial charge in [-0.25, -0.2) is 4.98 Å². The van der Waals surface area contributed by atoms with E-state index in [1.54, 1.807) is 0 Å². The molecule has 112 valence electrons. The van der Waals surface area contributed by atoms with Crippen molar-refractivity contribution in [1.29, 1.82) is 0 Å². The van der Waals surface area contributed by atoms with Crippen molar-refractivity contribution in [2.24, 2.45) is 0 Å². The first-order valence-corrected chi connectivity index (χ1v) is 8.35. The summed E-state index contributed by atoms with van der Waals surface area (Å²) in [5, 5.41) is 3.89. The smallest absolute Gasteiger partial charge is 0.264 e. The molecule has 1 aromatic heterocycles. The molecule has 1 amide bonds. The molecule has 3 nitrogen and oxygen atoms in total. The third-order valence-corrected chi connectivity index (χ3v) is 5.12. The van der Waals surface area contributed by atoms with Gasteiger partial charge in [0.05, 0.1) is 0 Å². The van der Waals surface area contributed by atoms with Crippen LogP contribution in [0.4, 0.5) is 0 Å². The Morgan fingerprint density at radius 3 is 2.77 bits per heavy atom. The second kappa shape index (κ2) is 6.33. The van der Waals surface area contributed by atoms with Crippen LogP contribution >= 0.6 is 11.3 Å². The van der Waals surface area contributed by atoms with Crippen LogP contribution in [-0.2, 0) is 0 Å². The molecular formula is C18H18N2OS. The summed E-state index contributed by atoms with van der Waals surface area (Å²) >= 11 is 1.38. The summed E-state index contributed by atoms with van der Waals surface area (Å²) in [7, 11) is 0. The number of hydrogen-bond donors (Lipinski definition) is 1. The normalized spacial score (nSPS) is 14.7. The first-order chi connectivity index (χ1) is 10.7. The van der Waals surface area contributed by atoms with Gasteiger partial charge in [0, 0.05) is 11.6 Å². The summed E-state index contributed by atoms with van der Waals surface area (Å²) in [4.78, 5) is 17.5. The predicted molar refractivity (Wildman–Crippen MR) is 89.9 cm³/mol. The molecule has 1 aliphatic rings. The molecular weight excluding hydrogens is 292 g/mol. The highest BCUT2D eigenvalue weighted by Gasteiger charge is 2.22. The van der Waals surface area contributed by atoms with Crippen molar-refractivity contribution >= 4 is 17.2 Å². The molecule has 22 heavy (non-hydrogen) atoms. The summed E-state index contributed by atoms with van der Waals surface area (Å²) < 4.78 is 0. The van der Waals surface area contributed by atoms with E-state index in [-0.39, 0.29) is 11.9 Å². The van der Waals surface area contributed by atoms with Crippen LogP contribution in [0, 0.1) is 19.3 Å². The van der Waals surface area contributed by atoms with Crippen molar-refractivity contribution in [3.8, 4) is 22.9 Å². The highest BCUT2D eigenvalue weighted by molar-refractivity contribution is 7.17. The van der Waals surface area contributed by atoms with Crippen molar-refractivity contribution < 1.29 is 4.79 Å². The van der Waals surface area contributed by atoms with Gasteiger partial charge >= 0.3 is 0 Å². The lowest BCUT2D eigenvalue weighted by atomic mass is 10.1. The molecule has 2 aromatic rings. The van der Waals surface area contributed by atoms with Crippen molar-refractivity contribution in [3.63, 3.8) is 0 Å². The number of terminal acetylenes is 1. The number of benzene rings is 1. The number of nitrogens with one attached hydrogen (secondary N) is 1. The molecule has 1 N–H and O–H groups in total. The lowest BCUT2D eigenvalue weighted by molar-refractivity contribution is 0.0941. The van der Waals surface area contributed by atoms with Crippen LogP contribution in [0.5, 0.6) is 0 Å². The third-order valence-electron chi connectivity index (χ3n) is 4.04. The Bertz CT molecular complexity index is 736. The van der Waals surface area contributed by atoms with Gasteiger partial charge in [-0.2, -0.15) is 0 Å². The van der Waals surface area contributed by atoms with Crippen LogP contribution < -0.4 is 5.32 Å².